The second-order valence-corrected chi connectivity index (χ2v) is 7.99. The first kappa shape index (κ1) is 19.2. The van der Waals surface area contributed by atoms with Crippen LogP contribution in [0.2, 0.25) is 0 Å². The standard InChI is InChI=1S/C18H21FN6OS/c1-12(16(26)22-18(11-20)9-3-2-4-10-18)27-17-24-23-15(25(17)21)13-5-7-14(19)8-6-13/h5-8,12H,2-4,9-10,21H2,1H3,(H,22,26). The molecule has 0 spiro atoms. The summed E-state index contributed by atoms with van der Waals surface area (Å²) in [6.07, 6.45) is 4.32. The number of halogens is 1. The lowest BCUT2D eigenvalue weighted by Crippen LogP contribution is -2.51. The van der Waals surface area contributed by atoms with E-state index in [0.29, 0.717) is 29.4 Å². The van der Waals surface area contributed by atoms with Crippen LogP contribution in [0.25, 0.3) is 11.4 Å². The van der Waals surface area contributed by atoms with E-state index in [1.807, 2.05) is 0 Å². The van der Waals surface area contributed by atoms with Crippen molar-refractivity contribution < 1.29 is 9.18 Å². The van der Waals surface area contributed by atoms with Crippen LogP contribution >= 0.6 is 11.8 Å². The zero-order valence-electron chi connectivity index (χ0n) is 15.0. The molecule has 1 aliphatic rings. The molecule has 1 aliphatic carbocycles. The fourth-order valence-electron chi connectivity index (χ4n) is 3.12. The molecule has 9 heteroatoms. The maximum Gasteiger partial charge on any atom is 0.234 e. The highest BCUT2D eigenvalue weighted by atomic mass is 32.2. The maximum absolute atomic E-state index is 13.1. The van der Waals surface area contributed by atoms with Crippen LogP contribution in [0.3, 0.4) is 0 Å². The van der Waals surface area contributed by atoms with Crippen LogP contribution in [0, 0.1) is 17.1 Å². The largest absolute Gasteiger partial charge is 0.337 e. The first-order valence-corrected chi connectivity index (χ1v) is 9.68. The number of benzene rings is 1. The van der Waals surface area contributed by atoms with Crippen molar-refractivity contribution in [2.45, 2.75) is 55.0 Å². The molecule has 1 unspecified atom stereocenters. The van der Waals surface area contributed by atoms with Crippen LogP contribution in [0.5, 0.6) is 0 Å². The monoisotopic (exact) mass is 388 g/mol. The van der Waals surface area contributed by atoms with E-state index in [1.165, 1.54) is 16.8 Å². The second kappa shape index (κ2) is 7.96. The van der Waals surface area contributed by atoms with Crippen molar-refractivity contribution in [3.05, 3.63) is 30.1 Å². The van der Waals surface area contributed by atoms with Crippen LogP contribution in [0.1, 0.15) is 39.0 Å². The summed E-state index contributed by atoms with van der Waals surface area (Å²) in [5.41, 5.74) is -0.152. The Kier molecular flexibility index (Phi) is 5.65. The molecule has 1 saturated carbocycles. The van der Waals surface area contributed by atoms with Crippen LogP contribution < -0.4 is 11.2 Å². The highest BCUT2D eigenvalue weighted by Crippen LogP contribution is 2.29. The highest BCUT2D eigenvalue weighted by Gasteiger charge is 2.35. The summed E-state index contributed by atoms with van der Waals surface area (Å²) < 4.78 is 14.4. The van der Waals surface area contributed by atoms with Gasteiger partial charge in [-0.15, -0.1) is 10.2 Å². The number of hydrogen-bond acceptors (Lipinski definition) is 6. The lowest BCUT2D eigenvalue weighted by molar-refractivity contribution is -0.121. The Labute approximate surface area is 161 Å². The molecule has 27 heavy (non-hydrogen) atoms. The third kappa shape index (κ3) is 4.22. The van der Waals surface area contributed by atoms with Gasteiger partial charge in [0, 0.05) is 5.56 Å². The third-order valence-corrected chi connectivity index (χ3v) is 5.76. The average molecular weight is 388 g/mol. The molecule has 1 heterocycles. The smallest absolute Gasteiger partial charge is 0.234 e. The Morgan fingerprint density at radius 2 is 2.00 bits per heavy atom. The van der Waals surface area contributed by atoms with E-state index in [1.54, 1.807) is 19.1 Å². The number of aromatic nitrogens is 3. The molecule has 3 rings (SSSR count). The number of nitrogens with two attached hydrogens (primary N) is 1. The van der Waals surface area contributed by atoms with Gasteiger partial charge in [-0.05, 0) is 44.0 Å². The van der Waals surface area contributed by atoms with E-state index in [9.17, 15) is 14.4 Å². The molecule has 7 nitrogen and oxygen atoms in total. The molecule has 142 valence electrons. The number of nitrogens with one attached hydrogen (secondary N) is 1. The van der Waals surface area contributed by atoms with Gasteiger partial charge in [0.2, 0.25) is 11.1 Å². The summed E-state index contributed by atoms with van der Waals surface area (Å²) in [4.78, 5) is 12.6. The fourth-order valence-corrected chi connectivity index (χ4v) is 3.89. The SMILES string of the molecule is CC(Sc1nnc(-c2ccc(F)cc2)n1N)C(=O)NC1(C#N)CCCCC1. The van der Waals surface area contributed by atoms with Crippen molar-refractivity contribution in [1.29, 1.82) is 5.26 Å². The second-order valence-electron chi connectivity index (χ2n) is 6.69. The molecule has 0 radical (unpaired) electrons. The lowest BCUT2D eigenvalue weighted by Gasteiger charge is -2.32. The predicted molar refractivity (Wildman–Crippen MR) is 100 cm³/mol. The molecule has 0 saturated heterocycles. The number of thioether (sulfide) groups is 1. The predicted octanol–water partition coefficient (Wildman–Crippen LogP) is 2.62. The molecule has 1 aromatic carbocycles. The topological polar surface area (TPSA) is 110 Å². The summed E-state index contributed by atoms with van der Waals surface area (Å²) in [7, 11) is 0. The molecule has 0 bridgehead atoms. The average Bonchev–Trinajstić information content (AvgIpc) is 3.03. The normalized spacial score (nSPS) is 17.1. The molecule has 1 aromatic heterocycles. The van der Waals surface area contributed by atoms with Gasteiger partial charge in [0.05, 0.1) is 11.3 Å². The number of nitrogens with zero attached hydrogens (tertiary/aromatic N) is 4. The Balaban J connectivity index is 1.69. The molecule has 1 fully saturated rings. The maximum atomic E-state index is 13.1. The molecular weight excluding hydrogens is 367 g/mol. The number of rotatable bonds is 5. The van der Waals surface area contributed by atoms with Crippen molar-refractivity contribution in [3.8, 4) is 17.5 Å². The number of carbonyl (C=O) groups is 1. The zero-order valence-corrected chi connectivity index (χ0v) is 15.8. The summed E-state index contributed by atoms with van der Waals surface area (Å²) in [5.74, 6) is 5.85. The van der Waals surface area contributed by atoms with Gasteiger partial charge in [-0.1, -0.05) is 31.0 Å². The number of nitriles is 1. The first-order valence-electron chi connectivity index (χ1n) is 8.80. The van der Waals surface area contributed by atoms with Crippen molar-refractivity contribution in [2.75, 3.05) is 5.84 Å². The number of hydrogen-bond donors (Lipinski definition) is 2. The van der Waals surface area contributed by atoms with E-state index in [-0.39, 0.29) is 11.7 Å². The van der Waals surface area contributed by atoms with Crippen LogP contribution in [-0.4, -0.2) is 31.6 Å². The molecule has 3 N–H and O–H groups in total. The number of carbonyl (C=O) groups excluding carboxylic acids is 1. The van der Waals surface area contributed by atoms with Gasteiger partial charge in [-0.25, -0.2) is 9.07 Å². The Bertz CT molecular complexity index is 854. The van der Waals surface area contributed by atoms with Gasteiger partial charge in [-0.2, -0.15) is 5.26 Å². The summed E-state index contributed by atoms with van der Waals surface area (Å²) >= 11 is 1.16. The minimum atomic E-state index is -0.778. The van der Waals surface area contributed by atoms with Gasteiger partial charge in [0.15, 0.2) is 5.82 Å². The lowest BCUT2D eigenvalue weighted by atomic mass is 9.83. The highest BCUT2D eigenvalue weighted by molar-refractivity contribution is 8.00. The van der Waals surface area contributed by atoms with Crippen LogP contribution in [0.15, 0.2) is 29.4 Å². The fraction of sp³-hybridized carbons (Fsp3) is 0.444. The van der Waals surface area contributed by atoms with Gasteiger partial charge in [0.25, 0.3) is 0 Å². The van der Waals surface area contributed by atoms with Crippen molar-refractivity contribution in [3.63, 3.8) is 0 Å². The van der Waals surface area contributed by atoms with Crippen molar-refractivity contribution >= 4 is 17.7 Å². The molecule has 1 amide bonds. The van der Waals surface area contributed by atoms with Gasteiger partial charge in [0.1, 0.15) is 11.4 Å². The molecular formula is C18H21FN6OS. The number of amides is 1. The third-order valence-electron chi connectivity index (χ3n) is 4.70. The Morgan fingerprint density at radius 1 is 1.33 bits per heavy atom. The van der Waals surface area contributed by atoms with E-state index >= 15 is 0 Å². The molecule has 1 atom stereocenters. The summed E-state index contributed by atoms with van der Waals surface area (Å²) in [5, 5.41) is 20.4. The Hall–Kier alpha value is -2.60. The van der Waals surface area contributed by atoms with E-state index < -0.39 is 10.8 Å². The van der Waals surface area contributed by atoms with Gasteiger partial charge < -0.3 is 11.2 Å². The molecule has 2 aromatic rings. The van der Waals surface area contributed by atoms with E-state index in [0.717, 1.165) is 31.0 Å². The Morgan fingerprint density at radius 3 is 2.63 bits per heavy atom. The van der Waals surface area contributed by atoms with Crippen molar-refractivity contribution in [1.82, 2.24) is 20.2 Å². The minimum absolute atomic E-state index is 0.227. The van der Waals surface area contributed by atoms with E-state index in [2.05, 4.69) is 21.6 Å². The first-order chi connectivity index (χ1) is 12.9. The van der Waals surface area contributed by atoms with Gasteiger partial charge in [-0.3, -0.25) is 4.79 Å². The number of nitrogen functional groups attached to an aromatic ring is 1. The molecule has 0 aliphatic heterocycles. The van der Waals surface area contributed by atoms with Crippen LogP contribution in [-0.2, 0) is 4.79 Å². The van der Waals surface area contributed by atoms with E-state index in [4.69, 9.17) is 5.84 Å². The summed E-state index contributed by atoms with van der Waals surface area (Å²) in [6.45, 7) is 1.74. The van der Waals surface area contributed by atoms with Crippen molar-refractivity contribution in [2.24, 2.45) is 0 Å². The summed E-state index contributed by atoms with van der Waals surface area (Å²) in [6, 6.07) is 8.04. The minimum Gasteiger partial charge on any atom is -0.337 e. The quantitative estimate of drug-likeness (QED) is 0.602. The van der Waals surface area contributed by atoms with Crippen LogP contribution in [0.4, 0.5) is 4.39 Å². The van der Waals surface area contributed by atoms with Gasteiger partial charge >= 0.3 is 0 Å². The zero-order chi connectivity index (χ0) is 19.4.